The molecule has 2 N–H and O–H groups in total. The highest BCUT2D eigenvalue weighted by Gasteiger charge is 2.61. The van der Waals surface area contributed by atoms with E-state index in [0.717, 1.165) is 29.7 Å². The Morgan fingerprint density at radius 1 is 1.26 bits per heavy atom. The van der Waals surface area contributed by atoms with Crippen molar-refractivity contribution in [1.29, 1.82) is 0 Å². The molecule has 2 aromatic rings. The van der Waals surface area contributed by atoms with Crippen LogP contribution in [0.5, 0.6) is 0 Å². The van der Waals surface area contributed by atoms with Gasteiger partial charge in [-0.15, -0.1) is 0 Å². The van der Waals surface area contributed by atoms with Gasteiger partial charge in [0.25, 0.3) is 0 Å². The van der Waals surface area contributed by atoms with E-state index in [9.17, 15) is 9.59 Å². The highest BCUT2D eigenvalue weighted by atomic mass is 16.2. The maximum Gasteiger partial charge on any atom is 0.321 e. The molecule has 6 nitrogen and oxygen atoms in total. The first kappa shape index (κ1) is 17.5. The van der Waals surface area contributed by atoms with E-state index in [4.69, 9.17) is 0 Å². The van der Waals surface area contributed by atoms with E-state index < -0.39 is 0 Å². The van der Waals surface area contributed by atoms with Crippen LogP contribution in [0.3, 0.4) is 0 Å². The van der Waals surface area contributed by atoms with Crippen molar-refractivity contribution in [3.8, 4) is 0 Å². The van der Waals surface area contributed by atoms with Crippen molar-refractivity contribution < 1.29 is 9.59 Å². The summed E-state index contributed by atoms with van der Waals surface area (Å²) in [5.41, 5.74) is 2.91. The Morgan fingerprint density at radius 2 is 2.07 bits per heavy atom. The molecule has 2 fully saturated rings. The molecule has 4 rings (SSSR count). The van der Waals surface area contributed by atoms with Crippen LogP contribution in [0.1, 0.15) is 24.0 Å². The number of aryl methyl sites for hydroxylation is 1. The number of pyridine rings is 1. The van der Waals surface area contributed by atoms with Crippen molar-refractivity contribution in [1.82, 2.24) is 15.2 Å². The first-order valence-corrected chi connectivity index (χ1v) is 9.35. The SMILES string of the molecule is Cc1ccc(NC(=O)N2CC[C@@]3(C[C@H]3C(=O)NCc3cccnc3)C2)cc1. The maximum absolute atomic E-state index is 12.5. The minimum atomic E-state index is -0.0860. The summed E-state index contributed by atoms with van der Waals surface area (Å²) in [7, 11) is 0. The lowest BCUT2D eigenvalue weighted by Gasteiger charge is -2.17. The molecule has 1 aliphatic heterocycles. The quantitative estimate of drug-likeness (QED) is 0.876. The summed E-state index contributed by atoms with van der Waals surface area (Å²) in [4.78, 5) is 30.9. The smallest absolute Gasteiger partial charge is 0.321 e. The Morgan fingerprint density at radius 3 is 2.81 bits per heavy atom. The molecule has 6 heteroatoms. The molecule has 0 radical (unpaired) electrons. The molecule has 27 heavy (non-hydrogen) atoms. The van der Waals surface area contributed by atoms with Crippen molar-refractivity contribution in [2.75, 3.05) is 18.4 Å². The summed E-state index contributed by atoms with van der Waals surface area (Å²) in [6.45, 7) is 3.86. The number of amides is 3. The molecule has 2 heterocycles. The second-order valence-corrected chi connectivity index (χ2v) is 7.67. The van der Waals surface area contributed by atoms with Gasteiger partial charge >= 0.3 is 6.03 Å². The average molecular weight is 364 g/mol. The van der Waals surface area contributed by atoms with Crippen molar-refractivity contribution in [2.45, 2.75) is 26.3 Å². The summed E-state index contributed by atoms with van der Waals surface area (Å²) in [6, 6.07) is 11.5. The first-order valence-electron chi connectivity index (χ1n) is 9.35. The number of nitrogens with one attached hydrogen (secondary N) is 2. The van der Waals surface area contributed by atoms with E-state index in [-0.39, 0.29) is 23.3 Å². The van der Waals surface area contributed by atoms with E-state index in [1.807, 2.05) is 48.2 Å². The Balaban J connectivity index is 1.28. The normalized spacial score (nSPS) is 23.3. The van der Waals surface area contributed by atoms with E-state index in [1.165, 1.54) is 0 Å². The summed E-state index contributed by atoms with van der Waals surface area (Å²) in [6.07, 6.45) is 5.23. The molecule has 1 saturated carbocycles. The lowest BCUT2D eigenvalue weighted by molar-refractivity contribution is -0.123. The fourth-order valence-electron chi connectivity index (χ4n) is 3.89. The van der Waals surface area contributed by atoms with Crippen LogP contribution in [-0.2, 0) is 11.3 Å². The fraction of sp³-hybridized carbons (Fsp3) is 0.381. The van der Waals surface area contributed by atoms with Gasteiger partial charge in [0.1, 0.15) is 0 Å². The van der Waals surface area contributed by atoms with Gasteiger partial charge < -0.3 is 15.5 Å². The minimum absolute atomic E-state index is 0.00588. The third kappa shape index (κ3) is 3.79. The van der Waals surface area contributed by atoms with Gasteiger partial charge in [0, 0.05) is 49.0 Å². The van der Waals surface area contributed by atoms with Gasteiger partial charge in [-0.1, -0.05) is 23.8 Å². The molecule has 140 valence electrons. The lowest BCUT2D eigenvalue weighted by Crippen LogP contribution is -2.34. The molecule has 0 bridgehead atoms. The number of carbonyl (C=O) groups excluding carboxylic acids is 2. The standard InChI is InChI=1S/C21H24N4O2/c1-15-4-6-17(7-5-15)24-20(27)25-10-8-21(14-25)11-18(21)19(26)23-13-16-3-2-9-22-12-16/h2-7,9,12,18H,8,10-11,13-14H2,1H3,(H,23,26)(H,24,27)/t18-,21+/m0/s1. The topological polar surface area (TPSA) is 74.3 Å². The molecule has 1 saturated heterocycles. The number of carbonyl (C=O) groups is 2. The molecule has 2 atom stereocenters. The van der Waals surface area contributed by atoms with Crippen LogP contribution in [0, 0.1) is 18.3 Å². The van der Waals surface area contributed by atoms with Crippen LogP contribution < -0.4 is 10.6 Å². The maximum atomic E-state index is 12.5. The molecule has 0 unspecified atom stereocenters. The number of rotatable bonds is 4. The average Bonchev–Trinajstić information content (AvgIpc) is 3.22. The van der Waals surface area contributed by atoms with Crippen LogP contribution in [0.4, 0.5) is 10.5 Å². The highest BCUT2D eigenvalue weighted by molar-refractivity contribution is 5.90. The number of likely N-dealkylation sites (tertiary alicyclic amines) is 1. The summed E-state index contributed by atoms with van der Waals surface area (Å²) in [5, 5.41) is 5.95. The van der Waals surface area contributed by atoms with Gasteiger partial charge in [-0.25, -0.2) is 4.79 Å². The Kier molecular flexibility index (Phi) is 4.56. The van der Waals surface area contributed by atoms with Gasteiger partial charge in [-0.2, -0.15) is 0 Å². The van der Waals surface area contributed by atoms with Crippen LogP contribution in [0.15, 0.2) is 48.8 Å². The predicted octanol–water partition coefficient (Wildman–Crippen LogP) is 2.95. The van der Waals surface area contributed by atoms with Crippen molar-refractivity contribution in [3.63, 3.8) is 0 Å². The zero-order valence-corrected chi connectivity index (χ0v) is 15.4. The number of nitrogens with zero attached hydrogens (tertiary/aromatic N) is 2. The van der Waals surface area contributed by atoms with Crippen LogP contribution in [0.2, 0.25) is 0 Å². The molecule has 2 aliphatic rings. The monoisotopic (exact) mass is 364 g/mol. The van der Waals surface area contributed by atoms with E-state index in [2.05, 4.69) is 15.6 Å². The predicted molar refractivity (Wildman–Crippen MR) is 103 cm³/mol. The number of hydrogen-bond acceptors (Lipinski definition) is 3. The Labute approximate surface area is 159 Å². The molecular formula is C21H24N4O2. The third-order valence-corrected chi connectivity index (χ3v) is 5.67. The largest absolute Gasteiger partial charge is 0.352 e. The fourth-order valence-corrected chi connectivity index (χ4v) is 3.89. The van der Waals surface area contributed by atoms with E-state index in [1.54, 1.807) is 12.4 Å². The van der Waals surface area contributed by atoms with E-state index >= 15 is 0 Å². The lowest BCUT2D eigenvalue weighted by atomic mass is 10.0. The second-order valence-electron chi connectivity index (χ2n) is 7.67. The summed E-state index contributed by atoms with van der Waals surface area (Å²) < 4.78 is 0. The summed E-state index contributed by atoms with van der Waals surface area (Å²) >= 11 is 0. The van der Waals surface area contributed by atoms with Gasteiger partial charge in [-0.3, -0.25) is 9.78 Å². The molecule has 1 aliphatic carbocycles. The Bertz CT molecular complexity index is 837. The number of urea groups is 1. The number of anilines is 1. The molecule has 1 spiro atoms. The van der Waals surface area contributed by atoms with Gasteiger partial charge in [-0.05, 0) is 43.5 Å². The van der Waals surface area contributed by atoms with Crippen LogP contribution >= 0.6 is 0 Å². The number of hydrogen-bond donors (Lipinski definition) is 2. The zero-order valence-electron chi connectivity index (χ0n) is 15.4. The zero-order chi connectivity index (χ0) is 18.9. The number of benzene rings is 1. The molecule has 1 aromatic heterocycles. The van der Waals surface area contributed by atoms with Gasteiger partial charge in [0.15, 0.2) is 0 Å². The Hall–Kier alpha value is -2.89. The molecule has 1 aromatic carbocycles. The van der Waals surface area contributed by atoms with Crippen molar-refractivity contribution >= 4 is 17.6 Å². The van der Waals surface area contributed by atoms with Crippen LogP contribution in [-0.4, -0.2) is 34.9 Å². The molecular weight excluding hydrogens is 340 g/mol. The van der Waals surface area contributed by atoms with E-state index in [0.29, 0.717) is 19.6 Å². The van der Waals surface area contributed by atoms with Crippen molar-refractivity contribution in [3.05, 3.63) is 59.9 Å². The van der Waals surface area contributed by atoms with Crippen LogP contribution in [0.25, 0.3) is 0 Å². The van der Waals surface area contributed by atoms with Gasteiger partial charge in [0.05, 0.1) is 0 Å². The van der Waals surface area contributed by atoms with Gasteiger partial charge in [0.2, 0.25) is 5.91 Å². The number of aromatic nitrogens is 1. The summed E-state index contributed by atoms with van der Waals surface area (Å²) in [5.74, 6) is 0.0889. The van der Waals surface area contributed by atoms with Crippen molar-refractivity contribution in [2.24, 2.45) is 11.3 Å². The molecule has 3 amide bonds. The minimum Gasteiger partial charge on any atom is -0.352 e. The second kappa shape index (κ2) is 7.02. The first-order chi connectivity index (χ1) is 13.1. The third-order valence-electron chi connectivity index (χ3n) is 5.67. The highest BCUT2D eigenvalue weighted by Crippen LogP contribution is 2.58.